The fourth-order valence-electron chi connectivity index (χ4n) is 2.54. The maximum atomic E-state index is 8.97. The van der Waals surface area contributed by atoms with Crippen LogP contribution in [-0.2, 0) is 26.2 Å². The van der Waals surface area contributed by atoms with Gasteiger partial charge in [0.2, 0.25) is 0 Å². The lowest BCUT2D eigenvalue weighted by atomic mass is 9.87. The van der Waals surface area contributed by atoms with Gasteiger partial charge in [0.25, 0.3) is 0 Å². The van der Waals surface area contributed by atoms with E-state index in [0.29, 0.717) is 0 Å². The van der Waals surface area contributed by atoms with Crippen LogP contribution in [-0.4, -0.2) is 20.8 Å². The Labute approximate surface area is 117 Å². The molecule has 0 unspecified atom stereocenters. The fourth-order valence-corrected chi connectivity index (χ4v) is 2.54. The summed E-state index contributed by atoms with van der Waals surface area (Å²) in [7, 11) is 0. The lowest BCUT2D eigenvalue weighted by Gasteiger charge is -2.23. The van der Waals surface area contributed by atoms with Gasteiger partial charge in [-0.3, -0.25) is 0 Å². The van der Waals surface area contributed by atoms with E-state index in [1.807, 2.05) is 13.8 Å². The van der Waals surface area contributed by atoms with Crippen molar-refractivity contribution >= 4 is 0 Å². The van der Waals surface area contributed by atoms with Crippen molar-refractivity contribution in [1.29, 1.82) is 0 Å². The first-order valence-electron chi connectivity index (χ1n) is 6.22. The summed E-state index contributed by atoms with van der Waals surface area (Å²) in [5.74, 6) is 0. The molecule has 0 atom stereocenters. The molecule has 0 aliphatic rings. The number of hydroxylamine groups is 4. The first-order chi connectivity index (χ1) is 9.62. The molecule has 114 valence electrons. The Bertz CT molecular complexity index is 376. The topological polar surface area (TPSA) is 129 Å². The molecule has 0 spiro atoms. The molecule has 0 aliphatic heterocycles. The summed E-state index contributed by atoms with van der Waals surface area (Å²) in [6.07, 6.45) is 0. The van der Waals surface area contributed by atoms with Gasteiger partial charge in [0.1, 0.15) is 0 Å². The molecule has 0 fully saturated rings. The molecule has 0 aromatic heterocycles. The Balaban J connectivity index is 3.50. The normalized spacial score (nSPS) is 11.1. The van der Waals surface area contributed by atoms with E-state index in [1.54, 1.807) is 0 Å². The summed E-state index contributed by atoms with van der Waals surface area (Å²) in [5, 5.41) is 35.9. The van der Waals surface area contributed by atoms with Gasteiger partial charge in [-0.2, -0.15) is 0 Å². The highest BCUT2D eigenvalue weighted by atomic mass is 16.5. The maximum Gasteiger partial charge on any atom is 0.0464 e. The molecule has 0 amide bonds. The quantitative estimate of drug-likeness (QED) is 0.319. The molecular weight excluding hydrogens is 264 g/mol. The predicted octanol–water partition coefficient (Wildman–Crippen LogP) is 0.219. The first kappa shape index (κ1) is 17.0. The van der Waals surface area contributed by atoms with Gasteiger partial charge in [-0.25, -0.2) is 21.9 Å². The third-order valence-electron chi connectivity index (χ3n) is 3.56. The van der Waals surface area contributed by atoms with Crippen molar-refractivity contribution in [2.24, 2.45) is 0 Å². The van der Waals surface area contributed by atoms with Gasteiger partial charge >= 0.3 is 0 Å². The monoisotopic (exact) mass is 286 g/mol. The second kappa shape index (κ2) is 8.25. The van der Waals surface area contributed by atoms with Gasteiger partial charge in [-0.05, 0) is 47.2 Å². The average molecular weight is 286 g/mol. The Kier molecular flexibility index (Phi) is 6.99. The lowest BCUT2D eigenvalue weighted by molar-refractivity contribution is 0.151. The molecule has 0 heterocycles. The van der Waals surface area contributed by atoms with Crippen molar-refractivity contribution in [3.63, 3.8) is 0 Å². The van der Waals surface area contributed by atoms with E-state index >= 15 is 0 Å². The van der Waals surface area contributed by atoms with Crippen molar-refractivity contribution in [3.8, 4) is 0 Å². The number of rotatable bonds is 8. The van der Waals surface area contributed by atoms with Gasteiger partial charge in [-0.15, -0.1) is 0 Å². The summed E-state index contributed by atoms with van der Waals surface area (Å²) in [6, 6.07) is 0. The van der Waals surface area contributed by atoms with E-state index in [9.17, 15) is 0 Å². The van der Waals surface area contributed by atoms with Gasteiger partial charge in [0, 0.05) is 26.2 Å². The second-order valence-corrected chi connectivity index (χ2v) is 4.50. The van der Waals surface area contributed by atoms with Crippen LogP contribution in [0.5, 0.6) is 0 Å². The molecule has 8 nitrogen and oxygen atoms in total. The standard InChI is InChI=1S/C12H22N4O4/c1-7-9(3-13-17)11(5-15-19)8(2)12(6-16-20)10(7)4-14-18/h13-20H,3-6H2,1-2H3. The van der Waals surface area contributed by atoms with Crippen LogP contribution in [0.3, 0.4) is 0 Å². The number of hydrogen-bond donors (Lipinski definition) is 8. The Morgan fingerprint density at radius 3 is 0.900 bits per heavy atom. The molecule has 1 rings (SSSR count). The second-order valence-electron chi connectivity index (χ2n) is 4.50. The zero-order chi connectivity index (χ0) is 15.1. The third kappa shape index (κ3) is 3.51. The van der Waals surface area contributed by atoms with Crippen molar-refractivity contribution < 1.29 is 20.8 Å². The molecule has 0 aliphatic carbocycles. The molecular formula is C12H22N4O4. The van der Waals surface area contributed by atoms with Crippen LogP contribution in [0.1, 0.15) is 33.4 Å². The maximum absolute atomic E-state index is 8.97. The van der Waals surface area contributed by atoms with Crippen LogP contribution in [0.2, 0.25) is 0 Å². The number of hydrogen-bond acceptors (Lipinski definition) is 8. The van der Waals surface area contributed by atoms with Crippen LogP contribution in [0.25, 0.3) is 0 Å². The molecule has 0 saturated heterocycles. The van der Waals surface area contributed by atoms with Crippen LogP contribution < -0.4 is 21.9 Å². The Morgan fingerprint density at radius 1 is 0.550 bits per heavy atom. The molecule has 1 aromatic rings. The van der Waals surface area contributed by atoms with Crippen molar-refractivity contribution in [2.45, 2.75) is 40.0 Å². The summed E-state index contributed by atoms with van der Waals surface area (Å²) < 4.78 is 0. The van der Waals surface area contributed by atoms with Gasteiger partial charge in [0.15, 0.2) is 0 Å². The summed E-state index contributed by atoms with van der Waals surface area (Å²) in [6.45, 7) is 4.59. The highest BCUT2D eigenvalue weighted by Crippen LogP contribution is 2.28. The summed E-state index contributed by atoms with van der Waals surface area (Å²) >= 11 is 0. The van der Waals surface area contributed by atoms with E-state index in [2.05, 4.69) is 21.9 Å². The lowest BCUT2D eigenvalue weighted by Crippen LogP contribution is -2.22. The molecule has 0 saturated carbocycles. The molecule has 8 N–H and O–H groups in total. The van der Waals surface area contributed by atoms with E-state index in [1.165, 1.54) is 0 Å². The highest BCUT2D eigenvalue weighted by Gasteiger charge is 2.18. The largest absolute Gasteiger partial charge is 0.316 e. The SMILES string of the molecule is Cc1c(CNO)c(CNO)c(C)c(CNO)c1CNO. The van der Waals surface area contributed by atoms with Crippen molar-refractivity contribution in [3.05, 3.63) is 33.4 Å². The van der Waals surface area contributed by atoms with E-state index in [-0.39, 0.29) is 26.2 Å². The van der Waals surface area contributed by atoms with Crippen LogP contribution in [0.4, 0.5) is 0 Å². The minimum atomic E-state index is 0.217. The minimum Gasteiger partial charge on any atom is -0.316 e. The molecule has 1 aromatic carbocycles. The van der Waals surface area contributed by atoms with E-state index < -0.39 is 0 Å². The Morgan fingerprint density at radius 2 is 0.750 bits per heavy atom. The van der Waals surface area contributed by atoms with Gasteiger partial charge < -0.3 is 20.8 Å². The highest BCUT2D eigenvalue weighted by molar-refractivity contribution is 5.51. The summed E-state index contributed by atoms with van der Waals surface area (Å²) in [4.78, 5) is 0. The first-order valence-corrected chi connectivity index (χ1v) is 6.22. The fraction of sp³-hybridized carbons (Fsp3) is 0.500. The molecule has 0 bridgehead atoms. The zero-order valence-corrected chi connectivity index (χ0v) is 11.6. The zero-order valence-electron chi connectivity index (χ0n) is 11.6. The van der Waals surface area contributed by atoms with E-state index in [4.69, 9.17) is 20.8 Å². The van der Waals surface area contributed by atoms with Crippen LogP contribution >= 0.6 is 0 Å². The van der Waals surface area contributed by atoms with Crippen LogP contribution in [0.15, 0.2) is 0 Å². The van der Waals surface area contributed by atoms with Gasteiger partial charge in [-0.1, -0.05) is 0 Å². The predicted molar refractivity (Wildman–Crippen MR) is 70.4 cm³/mol. The minimum absolute atomic E-state index is 0.217. The Hall–Kier alpha value is -1.10. The third-order valence-corrected chi connectivity index (χ3v) is 3.56. The van der Waals surface area contributed by atoms with Gasteiger partial charge in [0.05, 0.1) is 0 Å². The average Bonchev–Trinajstić information content (AvgIpc) is 2.44. The van der Waals surface area contributed by atoms with Crippen LogP contribution in [0, 0.1) is 13.8 Å². The molecule has 8 heteroatoms. The number of benzene rings is 1. The number of nitrogens with one attached hydrogen (secondary N) is 4. The van der Waals surface area contributed by atoms with E-state index in [0.717, 1.165) is 33.4 Å². The molecule has 20 heavy (non-hydrogen) atoms. The summed E-state index contributed by atoms with van der Waals surface area (Å²) in [5.41, 5.74) is 13.5. The smallest absolute Gasteiger partial charge is 0.0464 e. The van der Waals surface area contributed by atoms with Crippen molar-refractivity contribution in [2.75, 3.05) is 0 Å². The van der Waals surface area contributed by atoms with Crippen molar-refractivity contribution in [1.82, 2.24) is 21.9 Å². The molecule has 0 radical (unpaired) electrons.